The van der Waals surface area contributed by atoms with Crippen LogP contribution in [0, 0.1) is 13.8 Å². The van der Waals surface area contributed by atoms with E-state index in [0.29, 0.717) is 0 Å². The summed E-state index contributed by atoms with van der Waals surface area (Å²) >= 11 is 0. The van der Waals surface area contributed by atoms with Crippen LogP contribution >= 0.6 is 0 Å². The number of aryl methyl sites for hydroxylation is 2. The summed E-state index contributed by atoms with van der Waals surface area (Å²) in [5, 5.41) is 0. The zero-order valence-electron chi connectivity index (χ0n) is 11.9. The van der Waals surface area contributed by atoms with E-state index in [1.807, 2.05) is 18.2 Å². The number of carbonyl (C=O) groups excluding carboxylic acids is 1. The molecule has 0 spiro atoms. The number of amides is 1. The molecule has 3 nitrogen and oxygen atoms in total. The molecule has 1 amide bonds. The van der Waals surface area contributed by atoms with Crippen LogP contribution in [0.15, 0.2) is 36.4 Å². The van der Waals surface area contributed by atoms with E-state index in [9.17, 15) is 4.79 Å². The fourth-order valence-corrected chi connectivity index (χ4v) is 2.60. The molecule has 0 aliphatic carbocycles. The third-order valence-corrected chi connectivity index (χ3v) is 3.60. The third-order valence-electron chi connectivity index (χ3n) is 3.60. The second kappa shape index (κ2) is 4.67. The molecule has 3 heteroatoms. The number of nitrogens with zero attached hydrogens (tertiary/aromatic N) is 1. The second-order valence-electron chi connectivity index (χ2n) is 5.30. The summed E-state index contributed by atoms with van der Waals surface area (Å²) in [4.78, 5) is 13.2. The maximum atomic E-state index is 11.6. The third kappa shape index (κ3) is 2.16. The molecule has 1 aliphatic rings. The van der Waals surface area contributed by atoms with Gasteiger partial charge in [-0.15, -0.1) is 0 Å². The van der Waals surface area contributed by atoms with Gasteiger partial charge in [0.25, 0.3) is 5.91 Å². The number of hydrogen-bond acceptors (Lipinski definition) is 2. The highest BCUT2D eigenvalue weighted by atomic mass is 16.5. The fourth-order valence-electron chi connectivity index (χ4n) is 2.60. The number of fused-ring (bicyclic) bond motifs is 1. The van der Waals surface area contributed by atoms with E-state index < -0.39 is 0 Å². The van der Waals surface area contributed by atoms with Crippen molar-refractivity contribution >= 4 is 11.6 Å². The van der Waals surface area contributed by atoms with Crippen LogP contribution in [0.1, 0.15) is 11.1 Å². The molecule has 1 heterocycles. The Hall–Kier alpha value is -2.29. The quantitative estimate of drug-likeness (QED) is 0.793. The van der Waals surface area contributed by atoms with Crippen LogP contribution in [-0.4, -0.2) is 19.6 Å². The lowest BCUT2D eigenvalue weighted by Crippen LogP contribution is -2.35. The molecule has 0 aromatic heterocycles. The van der Waals surface area contributed by atoms with Crippen molar-refractivity contribution in [2.75, 3.05) is 18.6 Å². The molecule has 0 N–H and O–H groups in total. The summed E-state index contributed by atoms with van der Waals surface area (Å²) in [7, 11) is 1.78. The van der Waals surface area contributed by atoms with Gasteiger partial charge in [-0.05, 0) is 37.1 Å². The van der Waals surface area contributed by atoms with Crippen molar-refractivity contribution in [2.45, 2.75) is 13.8 Å². The maximum absolute atomic E-state index is 11.6. The number of ether oxygens (including phenoxy) is 1. The Kier molecular flexibility index (Phi) is 2.97. The minimum Gasteiger partial charge on any atom is -0.482 e. The van der Waals surface area contributed by atoms with Crippen LogP contribution in [0.3, 0.4) is 0 Å². The van der Waals surface area contributed by atoms with E-state index in [1.165, 1.54) is 16.7 Å². The van der Waals surface area contributed by atoms with Gasteiger partial charge < -0.3 is 9.64 Å². The summed E-state index contributed by atoms with van der Waals surface area (Å²) < 4.78 is 5.54. The predicted octanol–water partition coefficient (Wildman–Crippen LogP) is 3.33. The predicted molar refractivity (Wildman–Crippen MR) is 80.3 cm³/mol. The van der Waals surface area contributed by atoms with Crippen molar-refractivity contribution in [3.05, 3.63) is 47.5 Å². The first-order chi connectivity index (χ1) is 9.54. The van der Waals surface area contributed by atoms with Crippen LogP contribution in [0.2, 0.25) is 0 Å². The maximum Gasteiger partial charge on any atom is 0.264 e. The summed E-state index contributed by atoms with van der Waals surface area (Å²) in [6.45, 7) is 4.30. The first-order valence-electron chi connectivity index (χ1n) is 6.66. The molecule has 0 unspecified atom stereocenters. The number of hydrogen-bond donors (Lipinski definition) is 0. The van der Waals surface area contributed by atoms with Crippen LogP contribution in [0.5, 0.6) is 5.75 Å². The van der Waals surface area contributed by atoms with Gasteiger partial charge in [0.1, 0.15) is 5.75 Å². The molecule has 0 saturated heterocycles. The van der Waals surface area contributed by atoms with E-state index in [1.54, 1.807) is 11.9 Å². The highest BCUT2D eigenvalue weighted by Gasteiger charge is 2.22. The topological polar surface area (TPSA) is 29.5 Å². The normalized spacial score (nSPS) is 13.9. The molecular formula is C17H17NO2. The van der Waals surface area contributed by atoms with E-state index >= 15 is 0 Å². The lowest BCUT2D eigenvalue weighted by molar-refractivity contribution is -0.120. The lowest BCUT2D eigenvalue weighted by Gasteiger charge is -2.26. The van der Waals surface area contributed by atoms with E-state index in [2.05, 4.69) is 32.0 Å². The van der Waals surface area contributed by atoms with Crippen molar-refractivity contribution in [1.29, 1.82) is 0 Å². The SMILES string of the molecule is Cc1cc(C)cc(-c2ccc3c(c2)OCC(=O)N3C)c1. The fraction of sp³-hybridized carbons (Fsp3) is 0.235. The van der Waals surface area contributed by atoms with Gasteiger partial charge in [0.15, 0.2) is 6.61 Å². The zero-order chi connectivity index (χ0) is 14.3. The average Bonchev–Trinajstić information content (AvgIpc) is 2.41. The van der Waals surface area contributed by atoms with Crippen LogP contribution < -0.4 is 9.64 Å². The van der Waals surface area contributed by atoms with Crippen molar-refractivity contribution in [2.24, 2.45) is 0 Å². The van der Waals surface area contributed by atoms with Crippen LogP contribution in [0.4, 0.5) is 5.69 Å². The lowest BCUT2D eigenvalue weighted by atomic mass is 10.00. The molecule has 102 valence electrons. The van der Waals surface area contributed by atoms with Crippen molar-refractivity contribution in [3.8, 4) is 16.9 Å². The monoisotopic (exact) mass is 267 g/mol. The van der Waals surface area contributed by atoms with Crippen molar-refractivity contribution < 1.29 is 9.53 Å². The Morgan fingerprint density at radius 2 is 1.70 bits per heavy atom. The molecule has 3 rings (SSSR count). The molecule has 0 saturated carbocycles. The molecule has 1 aliphatic heterocycles. The zero-order valence-corrected chi connectivity index (χ0v) is 11.9. The molecular weight excluding hydrogens is 250 g/mol. The molecule has 2 aromatic rings. The number of anilines is 1. The number of rotatable bonds is 1. The minimum atomic E-state index is -0.0170. The highest BCUT2D eigenvalue weighted by Crippen LogP contribution is 2.35. The highest BCUT2D eigenvalue weighted by molar-refractivity contribution is 5.97. The smallest absolute Gasteiger partial charge is 0.264 e. The number of carbonyl (C=O) groups is 1. The van der Waals surface area contributed by atoms with Gasteiger partial charge >= 0.3 is 0 Å². The minimum absolute atomic E-state index is 0.0170. The van der Waals surface area contributed by atoms with E-state index in [-0.39, 0.29) is 12.5 Å². The average molecular weight is 267 g/mol. The van der Waals surface area contributed by atoms with E-state index in [0.717, 1.165) is 17.0 Å². The summed E-state index contributed by atoms with van der Waals surface area (Å²) in [6, 6.07) is 12.5. The number of likely N-dealkylation sites (N-methyl/N-ethyl adjacent to an activating group) is 1. The summed E-state index contributed by atoms with van der Waals surface area (Å²) in [5.41, 5.74) is 5.60. The molecule has 0 radical (unpaired) electrons. The van der Waals surface area contributed by atoms with Crippen LogP contribution in [0.25, 0.3) is 11.1 Å². The van der Waals surface area contributed by atoms with E-state index in [4.69, 9.17) is 4.74 Å². The Balaban J connectivity index is 2.07. The molecule has 0 atom stereocenters. The van der Waals surface area contributed by atoms with Crippen LogP contribution in [-0.2, 0) is 4.79 Å². The molecule has 0 fully saturated rings. The first kappa shape index (κ1) is 12.7. The standard InChI is InChI=1S/C17H17NO2/c1-11-6-12(2)8-14(7-11)13-4-5-15-16(9-13)20-10-17(19)18(15)3/h4-9H,10H2,1-3H3. The van der Waals surface area contributed by atoms with Gasteiger partial charge in [0, 0.05) is 7.05 Å². The van der Waals surface area contributed by atoms with Gasteiger partial charge in [-0.25, -0.2) is 0 Å². The van der Waals surface area contributed by atoms with Gasteiger partial charge in [-0.3, -0.25) is 4.79 Å². The van der Waals surface area contributed by atoms with Crippen molar-refractivity contribution in [3.63, 3.8) is 0 Å². The first-order valence-corrected chi connectivity index (χ1v) is 6.66. The van der Waals surface area contributed by atoms with Gasteiger partial charge in [0.05, 0.1) is 5.69 Å². The van der Waals surface area contributed by atoms with Crippen molar-refractivity contribution in [1.82, 2.24) is 0 Å². The Labute approximate surface area is 118 Å². The molecule has 0 bridgehead atoms. The van der Waals surface area contributed by atoms with Gasteiger partial charge in [-0.2, -0.15) is 0 Å². The van der Waals surface area contributed by atoms with Gasteiger partial charge in [0.2, 0.25) is 0 Å². The molecule has 2 aromatic carbocycles. The summed E-state index contributed by atoms with van der Waals surface area (Å²) in [5.74, 6) is 0.750. The second-order valence-corrected chi connectivity index (χ2v) is 5.30. The Morgan fingerprint density at radius 1 is 1.00 bits per heavy atom. The Morgan fingerprint density at radius 3 is 2.40 bits per heavy atom. The molecule has 20 heavy (non-hydrogen) atoms. The summed E-state index contributed by atoms with van der Waals surface area (Å²) in [6.07, 6.45) is 0. The largest absolute Gasteiger partial charge is 0.482 e. The Bertz CT molecular complexity index is 671. The van der Waals surface area contributed by atoms with Gasteiger partial charge in [-0.1, -0.05) is 35.4 Å². The number of benzene rings is 2.